The number of rotatable bonds is 5. The van der Waals surface area contributed by atoms with Crippen molar-refractivity contribution in [1.29, 1.82) is 0 Å². The van der Waals surface area contributed by atoms with Gasteiger partial charge in [0.1, 0.15) is 22.8 Å². The summed E-state index contributed by atoms with van der Waals surface area (Å²) in [4.78, 5) is 53.5. The molecule has 6 N–H and O–H groups in total. The van der Waals surface area contributed by atoms with Crippen LogP contribution in [0, 0.1) is 22.0 Å². The van der Waals surface area contributed by atoms with E-state index in [9.17, 15) is 44.9 Å². The van der Waals surface area contributed by atoms with Gasteiger partial charge in [0.15, 0.2) is 11.4 Å². The zero-order chi connectivity index (χ0) is 31.0. The first-order valence-electron chi connectivity index (χ1n) is 13.1. The second-order valence-corrected chi connectivity index (χ2v) is 11.3. The molecule has 220 valence electrons. The molecule has 13 heteroatoms. The summed E-state index contributed by atoms with van der Waals surface area (Å²) in [5.41, 5.74) is 2.62. The monoisotopic (exact) mass is 578 g/mol. The van der Waals surface area contributed by atoms with E-state index in [2.05, 4.69) is 0 Å². The van der Waals surface area contributed by atoms with Crippen LogP contribution in [0.3, 0.4) is 0 Å². The molecular weight excluding hydrogens is 548 g/mol. The van der Waals surface area contributed by atoms with Gasteiger partial charge in [0.25, 0.3) is 11.6 Å². The number of Topliss-reactive ketones (excluding diaryl/α,β-unsaturated/α-hetero) is 2. The van der Waals surface area contributed by atoms with Gasteiger partial charge in [-0.05, 0) is 50.0 Å². The van der Waals surface area contributed by atoms with E-state index in [1.54, 1.807) is 31.1 Å². The molecule has 1 saturated carbocycles. The number of non-ortho nitro benzene ring substituents is 1. The summed E-state index contributed by atoms with van der Waals surface area (Å²) in [5, 5.41) is 57.3. The molecule has 2 aromatic rings. The van der Waals surface area contributed by atoms with E-state index in [-0.39, 0.29) is 40.8 Å². The summed E-state index contributed by atoms with van der Waals surface area (Å²) < 4.78 is 0. The Morgan fingerprint density at radius 2 is 1.79 bits per heavy atom. The highest BCUT2D eigenvalue weighted by Crippen LogP contribution is 2.55. The Morgan fingerprint density at radius 3 is 2.36 bits per heavy atom. The first kappa shape index (κ1) is 28.8. The number of hydrogen-bond donors (Lipinski definition) is 5. The van der Waals surface area contributed by atoms with Crippen LogP contribution in [0.25, 0.3) is 16.9 Å². The number of primary amides is 1. The summed E-state index contributed by atoms with van der Waals surface area (Å²) in [6.07, 6.45) is 0.0802. The minimum Gasteiger partial charge on any atom is -0.508 e. The average Bonchev–Trinajstić information content (AvgIpc) is 2.90. The maximum atomic E-state index is 14.1. The summed E-state index contributed by atoms with van der Waals surface area (Å²) in [5.74, 6) is -7.41. The Labute approximate surface area is 239 Å². The van der Waals surface area contributed by atoms with E-state index in [1.807, 2.05) is 0 Å². The number of hydrogen-bond acceptors (Lipinski definition) is 11. The SMILES string of the molecule is CN(C)c1cc(-c2cccc([N+](=O)[O-])c2)c(O)c2c1C[C@@H]1C[C@@H]3[C@@H](N(C)C)C(=O)C(C(N)=O)=C(O)[C@]3(O)C(=O)C1=C2O. The maximum Gasteiger partial charge on any atom is 0.270 e. The molecule has 2 aromatic carbocycles. The molecule has 1 amide bonds. The van der Waals surface area contributed by atoms with Crippen LogP contribution in [0.5, 0.6) is 5.75 Å². The highest BCUT2D eigenvalue weighted by Gasteiger charge is 2.64. The lowest BCUT2D eigenvalue weighted by atomic mass is 9.57. The van der Waals surface area contributed by atoms with Crippen molar-refractivity contribution in [3.8, 4) is 16.9 Å². The summed E-state index contributed by atoms with van der Waals surface area (Å²) in [6, 6.07) is 6.02. The van der Waals surface area contributed by atoms with Gasteiger partial charge in [-0.2, -0.15) is 0 Å². The molecule has 3 aliphatic rings. The molecule has 1 fully saturated rings. The number of nitro groups is 1. The van der Waals surface area contributed by atoms with Gasteiger partial charge in [0.05, 0.1) is 16.5 Å². The number of aliphatic hydroxyl groups is 3. The Morgan fingerprint density at radius 1 is 1.12 bits per heavy atom. The molecule has 0 saturated heterocycles. The van der Waals surface area contributed by atoms with Gasteiger partial charge >= 0.3 is 0 Å². The van der Waals surface area contributed by atoms with Crippen LogP contribution in [0.1, 0.15) is 17.5 Å². The molecule has 3 aliphatic carbocycles. The number of anilines is 1. The van der Waals surface area contributed by atoms with Crippen molar-refractivity contribution in [3.05, 3.63) is 68.5 Å². The normalized spacial score (nSPS) is 25.2. The van der Waals surface area contributed by atoms with Gasteiger partial charge < -0.3 is 31.1 Å². The quantitative estimate of drug-likeness (QED) is 0.196. The number of amides is 1. The topological polar surface area (TPSA) is 208 Å². The van der Waals surface area contributed by atoms with Crippen molar-refractivity contribution in [2.45, 2.75) is 24.5 Å². The molecule has 0 unspecified atom stereocenters. The molecule has 4 atom stereocenters. The predicted molar refractivity (Wildman–Crippen MR) is 151 cm³/mol. The smallest absolute Gasteiger partial charge is 0.270 e. The molecule has 42 heavy (non-hydrogen) atoms. The lowest BCUT2D eigenvalue weighted by molar-refractivity contribution is -0.384. The minimum atomic E-state index is -2.75. The number of fused-ring (bicyclic) bond motifs is 3. The second-order valence-electron chi connectivity index (χ2n) is 11.3. The standard InChI is InChI=1S/C29H30N4O9/c1-31(2)18-11-15(12-6-5-7-14(8-12)33(41)42)23(34)20-16(18)9-13-10-17-22(32(3)4)25(36)21(28(30)39)27(38)29(17,40)26(37)19(13)24(20)35/h5-8,11,13,17,22,34-35,38,40H,9-10H2,1-4H3,(H2,30,39)/t13-,17-,22-,29-/m1/s1. The number of carbonyl (C=O) groups is 3. The van der Waals surface area contributed by atoms with Crippen LogP contribution >= 0.6 is 0 Å². The molecule has 0 radical (unpaired) electrons. The molecule has 0 aromatic heterocycles. The summed E-state index contributed by atoms with van der Waals surface area (Å²) >= 11 is 0. The lowest BCUT2D eigenvalue weighted by Crippen LogP contribution is -2.65. The van der Waals surface area contributed by atoms with E-state index in [0.717, 1.165) is 0 Å². The maximum absolute atomic E-state index is 14.1. The third kappa shape index (κ3) is 3.88. The fourth-order valence-corrected chi connectivity index (χ4v) is 6.70. The Kier molecular flexibility index (Phi) is 6.62. The highest BCUT2D eigenvalue weighted by molar-refractivity contribution is 6.24. The molecule has 13 nitrogen and oxygen atoms in total. The summed E-state index contributed by atoms with van der Waals surface area (Å²) in [6.45, 7) is 0. The third-order valence-corrected chi connectivity index (χ3v) is 8.55. The molecule has 5 rings (SSSR count). The van der Waals surface area contributed by atoms with Crippen molar-refractivity contribution < 1.29 is 39.7 Å². The zero-order valence-electron chi connectivity index (χ0n) is 23.3. The number of nitrogens with zero attached hydrogens (tertiary/aromatic N) is 3. The molecule has 0 spiro atoms. The largest absolute Gasteiger partial charge is 0.508 e. The van der Waals surface area contributed by atoms with Gasteiger partial charge in [-0.1, -0.05) is 12.1 Å². The second kappa shape index (κ2) is 9.67. The van der Waals surface area contributed by atoms with Crippen LogP contribution < -0.4 is 10.6 Å². The average molecular weight is 579 g/mol. The van der Waals surface area contributed by atoms with Crippen molar-refractivity contribution >= 4 is 34.6 Å². The predicted octanol–water partition coefficient (Wildman–Crippen LogP) is 1.61. The lowest BCUT2D eigenvalue weighted by Gasteiger charge is -2.50. The van der Waals surface area contributed by atoms with E-state index < -0.39 is 68.7 Å². The van der Waals surface area contributed by atoms with Crippen molar-refractivity contribution in [2.75, 3.05) is 33.1 Å². The number of phenols is 1. The number of phenolic OH excluding ortho intramolecular Hbond substituents is 1. The molecule has 0 heterocycles. The summed E-state index contributed by atoms with van der Waals surface area (Å²) in [7, 11) is 6.54. The fraction of sp³-hybridized carbons (Fsp3) is 0.345. The molecule has 0 bridgehead atoms. The Balaban J connectivity index is 1.77. The van der Waals surface area contributed by atoms with Gasteiger partial charge in [-0.15, -0.1) is 0 Å². The van der Waals surface area contributed by atoms with Crippen LogP contribution in [-0.2, 0) is 20.8 Å². The molecule has 0 aliphatic heterocycles. The van der Waals surface area contributed by atoms with Crippen LogP contribution in [0.15, 0.2) is 47.2 Å². The number of carbonyl (C=O) groups excluding carboxylic acids is 3. The number of aliphatic hydroxyl groups excluding tert-OH is 2. The Bertz CT molecular complexity index is 1660. The van der Waals surface area contributed by atoms with E-state index in [0.29, 0.717) is 11.3 Å². The van der Waals surface area contributed by atoms with Gasteiger partial charge in [0, 0.05) is 49.0 Å². The van der Waals surface area contributed by atoms with Crippen LogP contribution in [0.4, 0.5) is 11.4 Å². The van der Waals surface area contributed by atoms with Gasteiger partial charge in [-0.25, -0.2) is 0 Å². The van der Waals surface area contributed by atoms with Gasteiger partial charge in [-0.3, -0.25) is 29.4 Å². The fourth-order valence-electron chi connectivity index (χ4n) is 6.70. The van der Waals surface area contributed by atoms with Gasteiger partial charge in [0.2, 0.25) is 5.78 Å². The zero-order valence-corrected chi connectivity index (χ0v) is 23.3. The van der Waals surface area contributed by atoms with E-state index >= 15 is 0 Å². The number of benzene rings is 2. The third-order valence-electron chi connectivity index (χ3n) is 8.55. The van der Waals surface area contributed by atoms with E-state index in [4.69, 9.17) is 5.73 Å². The number of ketones is 2. The molecular formula is C29H30N4O9. The van der Waals surface area contributed by atoms with Crippen molar-refractivity contribution in [2.24, 2.45) is 17.6 Å². The minimum absolute atomic E-state index is 0.0357. The first-order valence-corrected chi connectivity index (χ1v) is 13.1. The van der Waals surface area contributed by atoms with E-state index in [1.165, 1.54) is 37.2 Å². The van der Waals surface area contributed by atoms with Crippen LogP contribution in [0.2, 0.25) is 0 Å². The van der Waals surface area contributed by atoms with Crippen molar-refractivity contribution in [3.63, 3.8) is 0 Å². The Hall–Kier alpha value is -4.75. The number of nitro benzene ring substituents is 1. The number of nitrogens with two attached hydrogens (primary N) is 1. The number of likely N-dealkylation sites (N-methyl/N-ethyl adjacent to an activating group) is 1. The van der Waals surface area contributed by atoms with Crippen LogP contribution in [-0.4, -0.2) is 87.6 Å². The highest BCUT2D eigenvalue weighted by atomic mass is 16.6. The first-order chi connectivity index (χ1) is 19.6. The van der Waals surface area contributed by atoms with Crippen molar-refractivity contribution in [1.82, 2.24) is 4.90 Å². The number of aromatic hydroxyl groups is 1.